The molecule has 9 atom stereocenters. The van der Waals surface area contributed by atoms with Crippen LogP contribution in [0.15, 0.2) is 23.8 Å². The summed E-state index contributed by atoms with van der Waals surface area (Å²) in [6.07, 6.45) is 15.6. The van der Waals surface area contributed by atoms with E-state index in [-0.39, 0.29) is 22.9 Å². The molecular formula is C29H46O2. The first-order valence-corrected chi connectivity index (χ1v) is 13.2. The van der Waals surface area contributed by atoms with Crippen LogP contribution in [0.3, 0.4) is 0 Å². The topological polar surface area (TPSA) is 37.3 Å². The molecule has 4 aliphatic carbocycles. The number of aliphatic hydroxyl groups excluding tert-OH is 1. The zero-order valence-electron chi connectivity index (χ0n) is 20.9. The van der Waals surface area contributed by atoms with E-state index in [1.54, 1.807) is 0 Å². The molecular weight excluding hydrogens is 380 g/mol. The maximum Gasteiger partial charge on any atom is 0.159 e. The highest BCUT2D eigenvalue weighted by molar-refractivity contribution is 5.94. The molecule has 0 radical (unpaired) electrons. The molecule has 0 spiro atoms. The number of ketones is 1. The van der Waals surface area contributed by atoms with Crippen molar-refractivity contribution in [1.29, 1.82) is 0 Å². The molecule has 0 aromatic heterocycles. The minimum Gasteiger partial charge on any atom is -0.393 e. The number of aliphatic hydroxyl groups is 1. The normalized spacial score (nSPS) is 44.6. The predicted octanol–water partition coefficient (Wildman–Crippen LogP) is 6.98. The summed E-state index contributed by atoms with van der Waals surface area (Å²) in [6.45, 7) is 14.3. The van der Waals surface area contributed by atoms with Crippen LogP contribution in [0.25, 0.3) is 0 Å². The van der Waals surface area contributed by atoms with Gasteiger partial charge in [0.05, 0.1) is 6.10 Å². The van der Waals surface area contributed by atoms with E-state index in [0.29, 0.717) is 47.7 Å². The molecule has 0 aromatic rings. The maximum atomic E-state index is 13.5. The lowest BCUT2D eigenvalue weighted by atomic mass is 9.46. The number of carbonyl (C=O) groups excluding carboxylic acids is 1. The lowest BCUT2D eigenvalue weighted by Gasteiger charge is -2.57. The highest BCUT2D eigenvalue weighted by Crippen LogP contribution is 2.66. The Morgan fingerprint density at radius 3 is 2.48 bits per heavy atom. The van der Waals surface area contributed by atoms with E-state index in [1.807, 2.05) is 6.08 Å². The van der Waals surface area contributed by atoms with Crippen molar-refractivity contribution in [3.63, 3.8) is 0 Å². The molecule has 2 nitrogen and oxygen atoms in total. The summed E-state index contributed by atoms with van der Waals surface area (Å²) in [7, 11) is 0. The third-order valence-electron chi connectivity index (χ3n) is 10.6. The van der Waals surface area contributed by atoms with Crippen LogP contribution in [0.5, 0.6) is 0 Å². The van der Waals surface area contributed by atoms with Crippen LogP contribution in [0.4, 0.5) is 0 Å². The third-order valence-corrected chi connectivity index (χ3v) is 10.6. The minimum absolute atomic E-state index is 0.133. The Balaban J connectivity index is 1.57. The van der Waals surface area contributed by atoms with E-state index < -0.39 is 0 Å². The Morgan fingerprint density at radius 2 is 1.81 bits per heavy atom. The van der Waals surface area contributed by atoms with Crippen LogP contribution in [-0.4, -0.2) is 17.0 Å². The molecule has 3 saturated carbocycles. The summed E-state index contributed by atoms with van der Waals surface area (Å²) >= 11 is 0. The molecule has 174 valence electrons. The Kier molecular flexibility index (Phi) is 6.36. The van der Waals surface area contributed by atoms with Crippen LogP contribution in [0.1, 0.15) is 92.9 Å². The summed E-state index contributed by atoms with van der Waals surface area (Å²) in [6, 6.07) is 0. The standard InChI is InChI=1S/C29H46O2/c1-7-20(18(2)3)9-8-19(4)23-10-11-24-27-25(13-15-29(23,24)6)28(5)14-12-22(30)16-21(28)17-26(27)31/h8-9,17-20,22-25,27,30H,7,10-16H2,1-6H3/b9-8+/t19-,20+,22?,23-,24+,25+,27-,28-,29-/m1/s1. The molecule has 0 bridgehead atoms. The monoisotopic (exact) mass is 426 g/mol. The Bertz CT molecular complexity index is 748. The zero-order chi connectivity index (χ0) is 22.6. The van der Waals surface area contributed by atoms with Gasteiger partial charge in [-0.1, -0.05) is 59.3 Å². The second-order valence-corrected chi connectivity index (χ2v) is 12.4. The van der Waals surface area contributed by atoms with Crippen LogP contribution < -0.4 is 0 Å². The summed E-state index contributed by atoms with van der Waals surface area (Å²) in [4.78, 5) is 13.5. The molecule has 0 heterocycles. The fourth-order valence-electron chi connectivity index (χ4n) is 8.57. The second kappa shape index (κ2) is 8.47. The van der Waals surface area contributed by atoms with Crippen LogP contribution >= 0.6 is 0 Å². The van der Waals surface area contributed by atoms with Crippen LogP contribution in [-0.2, 0) is 4.79 Å². The third kappa shape index (κ3) is 3.79. The molecule has 0 aliphatic heterocycles. The number of rotatable bonds is 5. The van der Waals surface area contributed by atoms with E-state index in [4.69, 9.17) is 0 Å². The molecule has 1 unspecified atom stereocenters. The molecule has 4 aliphatic rings. The van der Waals surface area contributed by atoms with E-state index >= 15 is 0 Å². The van der Waals surface area contributed by atoms with E-state index in [2.05, 4.69) is 53.7 Å². The van der Waals surface area contributed by atoms with Crippen molar-refractivity contribution >= 4 is 5.78 Å². The number of allylic oxidation sites excluding steroid dienone is 3. The zero-order valence-corrected chi connectivity index (χ0v) is 20.9. The van der Waals surface area contributed by atoms with Gasteiger partial charge in [0.15, 0.2) is 5.78 Å². The average Bonchev–Trinajstić information content (AvgIpc) is 3.06. The van der Waals surface area contributed by atoms with Gasteiger partial charge in [0.1, 0.15) is 0 Å². The van der Waals surface area contributed by atoms with Crippen LogP contribution in [0.2, 0.25) is 0 Å². The quantitative estimate of drug-likeness (QED) is 0.481. The highest BCUT2D eigenvalue weighted by Gasteiger charge is 2.61. The van der Waals surface area contributed by atoms with Gasteiger partial charge in [0.25, 0.3) is 0 Å². The first kappa shape index (κ1) is 23.3. The molecule has 3 fully saturated rings. The maximum absolute atomic E-state index is 13.5. The van der Waals surface area contributed by atoms with Gasteiger partial charge in [-0.3, -0.25) is 4.79 Å². The van der Waals surface area contributed by atoms with Gasteiger partial charge >= 0.3 is 0 Å². The SMILES string of the molecule is CC[C@@H](/C=C/[C@@H](C)[C@H]1CC[C@H]2[C@H]3C(=O)C=C4CC(O)CC[C@@]4(C)[C@H]3CC[C@]12C)C(C)C. The van der Waals surface area contributed by atoms with E-state index in [1.165, 1.54) is 37.7 Å². The van der Waals surface area contributed by atoms with Crippen molar-refractivity contribution in [1.82, 2.24) is 0 Å². The van der Waals surface area contributed by atoms with Gasteiger partial charge in [-0.2, -0.15) is 0 Å². The number of fused-ring (bicyclic) bond motifs is 5. The number of carbonyl (C=O) groups is 1. The lowest BCUT2D eigenvalue weighted by Crippen LogP contribution is -2.53. The predicted molar refractivity (Wildman–Crippen MR) is 129 cm³/mol. The summed E-state index contributed by atoms with van der Waals surface area (Å²) < 4.78 is 0. The molecule has 0 aromatic carbocycles. The average molecular weight is 427 g/mol. The van der Waals surface area contributed by atoms with Gasteiger partial charge < -0.3 is 5.11 Å². The van der Waals surface area contributed by atoms with Crippen molar-refractivity contribution in [2.45, 2.75) is 99.0 Å². The van der Waals surface area contributed by atoms with Gasteiger partial charge in [-0.05, 0) is 104 Å². The molecule has 1 N–H and O–H groups in total. The second-order valence-electron chi connectivity index (χ2n) is 12.4. The number of hydrogen-bond donors (Lipinski definition) is 1. The fourth-order valence-corrected chi connectivity index (χ4v) is 8.57. The summed E-state index contributed by atoms with van der Waals surface area (Å²) in [5.41, 5.74) is 1.68. The van der Waals surface area contributed by atoms with Crippen molar-refractivity contribution in [3.05, 3.63) is 23.8 Å². The smallest absolute Gasteiger partial charge is 0.159 e. The summed E-state index contributed by atoms with van der Waals surface area (Å²) in [5.74, 6) is 4.27. The largest absolute Gasteiger partial charge is 0.393 e. The Hall–Kier alpha value is -0.890. The van der Waals surface area contributed by atoms with Gasteiger partial charge in [-0.25, -0.2) is 0 Å². The van der Waals surface area contributed by atoms with Gasteiger partial charge in [-0.15, -0.1) is 0 Å². The molecule has 4 rings (SSSR count). The van der Waals surface area contributed by atoms with Crippen molar-refractivity contribution in [2.24, 2.45) is 52.3 Å². The Morgan fingerprint density at radius 1 is 1.06 bits per heavy atom. The minimum atomic E-state index is -0.251. The van der Waals surface area contributed by atoms with Gasteiger partial charge in [0, 0.05) is 5.92 Å². The number of hydrogen-bond acceptors (Lipinski definition) is 2. The summed E-state index contributed by atoms with van der Waals surface area (Å²) in [5, 5.41) is 10.2. The van der Waals surface area contributed by atoms with Crippen LogP contribution in [0, 0.1) is 52.3 Å². The molecule has 0 saturated heterocycles. The Labute approximate surface area is 191 Å². The molecule has 31 heavy (non-hydrogen) atoms. The van der Waals surface area contributed by atoms with E-state index in [9.17, 15) is 9.90 Å². The van der Waals surface area contributed by atoms with Gasteiger partial charge in [0.2, 0.25) is 0 Å². The molecule has 0 amide bonds. The van der Waals surface area contributed by atoms with Crippen molar-refractivity contribution in [2.75, 3.05) is 0 Å². The van der Waals surface area contributed by atoms with Crippen molar-refractivity contribution < 1.29 is 9.90 Å². The molecule has 2 heteroatoms. The first-order chi connectivity index (χ1) is 14.6. The highest BCUT2D eigenvalue weighted by atomic mass is 16.3. The van der Waals surface area contributed by atoms with E-state index in [0.717, 1.165) is 12.8 Å². The fraction of sp³-hybridized carbons (Fsp3) is 0.828. The lowest BCUT2D eigenvalue weighted by molar-refractivity contribution is -0.134. The van der Waals surface area contributed by atoms with Crippen molar-refractivity contribution in [3.8, 4) is 0 Å². The first-order valence-electron chi connectivity index (χ1n) is 13.2.